The number of methoxy groups -OCH3 is 1. The van der Waals surface area contributed by atoms with E-state index in [0.29, 0.717) is 13.1 Å². The van der Waals surface area contributed by atoms with E-state index in [0.717, 1.165) is 12.8 Å². The molecule has 2 rings (SSSR count). The van der Waals surface area contributed by atoms with Crippen molar-refractivity contribution in [3.05, 3.63) is 0 Å². The minimum absolute atomic E-state index is 0.0247. The standard InChI is InChI=1S/C10H16N2O3/c1-7(13)12-5-8-3-4-10(6-12,11-8)9(14)15-2/h8,11H,3-6H2,1-2H3. The Morgan fingerprint density at radius 2 is 2.27 bits per heavy atom. The van der Waals surface area contributed by atoms with E-state index in [2.05, 4.69) is 5.32 Å². The molecule has 0 radical (unpaired) electrons. The molecule has 2 atom stereocenters. The van der Waals surface area contributed by atoms with E-state index in [-0.39, 0.29) is 17.9 Å². The van der Waals surface area contributed by atoms with Crippen LogP contribution >= 0.6 is 0 Å². The van der Waals surface area contributed by atoms with Gasteiger partial charge in [0.05, 0.1) is 7.11 Å². The first-order valence-corrected chi connectivity index (χ1v) is 5.19. The average molecular weight is 212 g/mol. The van der Waals surface area contributed by atoms with Crippen molar-refractivity contribution in [2.24, 2.45) is 0 Å². The van der Waals surface area contributed by atoms with Gasteiger partial charge in [-0.15, -0.1) is 0 Å². The number of nitrogens with zero attached hydrogens (tertiary/aromatic N) is 1. The lowest BCUT2D eigenvalue weighted by atomic mass is 9.97. The van der Waals surface area contributed by atoms with Crippen molar-refractivity contribution in [1.29, 1.82) is 0 Å². The monoisotopic (exact) mass is 212 g/mol. The van der Waals surface area contributed by atoms with Gasteiger partial charge in [0.1, 0.15) is 5.54 Å². The molecule has 0 aromatic rings. The molecule has 2 saturated heterocycles. The van der Waals surface area contributed by atoms with E-state index in [1.807, 2.05) is 0 Å². The predicted molar refractivity (Wildman–Crippen MR) is 53.2 cm³/mol. The summed E-state index contributed by atoms with van der Waals surface area (Å²) in [5.41, 5.74) is -0.649. The van der Waals surface area contributed by atoms with Gasteiger partial charge in [-0.2, -0.15) is 0 Å². The number of carbonyl (C=O) groups is 2. The molecule has 2 fully saturated rings. The normalized spacial score (nSPS) is 34.0. The quantitative estimate of drug-likeness (QED) is 0.596. The molecule has 2 unspecified atom stereocenters. The number of carbonyl (C=O) groups excluding carboxylic acids is 2. The third-order valence-electron chi connectivity index (χ3n) is 3.32. The van der Waals surface area contributed by atoms with E-state index in [1.54, 1.807) is 4.90 Å². The lowest BCUT2D eigenvalue weighted by Gasteiger charge is -2.38. The van der Waals surface area contributed by atoms with Gasteiger partial charge in [0.2, 0.25) is 5.91 Å². The molecule has 0 aromatic heterocycles. The topological polar surface area (TPSA) is 58.6 Å². The Morgan fingerprint density at radius 3 is 2.87 bits per heavy atom. The first kappa shape index (κ1) is 10.4. The number of piperazine rings is 1. The van der Waals surface area contributed by atoms with E-state index < -0.39 is 5.54 Å². The van der Waals surface area contributed by atoms with Crippen molar-refractivity contribution < 1.29 is 14.3 Å². The van der Waals surface area contributed by atoms with Crippen molar-refractivity contribution in [2.75, 3.05) is 20.2 Å². The van der Waals surface area contributed by atoms with Gasteiger partial charge in [0.15, 0.2) is 0 Å². The highest BCUT2D eigenvalue weighted by Gasteiger charge is 2.51. The van der Waals surface area contributed by atoms with E-state index >= 15 is 0 Å². The Bertz CT molecular complexity index is 305. The zero-order valence-electron chi connectivity index (χ0n) is 9.08. The molecule has 1 amide bonds. The maximum Gasteiger partial charge on any atom is 0.327 e. The Balaban J connectivity index is 2.19. The van der Waals surface area contributed by atoms with Crippen LogP contribution in [0.2, 0.25) is 0 Å². The van der Waals surface area contributed by atoms with Gasteiger partial charge in [-0.05, 0) is 12.8 Å². The summed E-state index contributed by atoms with van der Waals surface area (Å²) < 4.78 is 4.80. The summed E-state index contributed by atoms with van der Waals surface area (Å²) in [5, 5.41) is 3.27. The fraction of sp³-hybridized carbons (Fsp3) is 0.800. The summed E-state index contributed by atoms with van der Waals surface area (Å²) >= 11 is 0. The number of rotatable bonds is 1. The number of likely N-dealkylation sites (tertiary alicyclic amines) is 1. The van der Waals surface area contributed by atoms with Crippen LogP contribution in [0.1, 0.15) is 19.8 Å². The number of ether oxygens (including phenoxy) is 1. The molecular formula is C10H16N2O3. The third kappa shape index (κ3) is 1.61. The minimum Gasteiger partial charge on any atom is -0.468 e. The second kappa shape index (κ2) is 3.48. The van der Waals surface area contributed by atoms with Gasteiger partial charge < -0.3 is 9.64 Å². The highest BCUT2D eigenvalue weighted by Crippen LogP contribution is 2.30. The molecule has 0 aliphatic carbocycles. The van der Waals surface area contributed by atoms with Crippen LogP contribution in [-0.4, -0.2) is 48.6 Å². The molecular weight excluding hydrogens is 196 g/mol. The van der Waals surface area contributed by atoms with Crippen molar-refractivity contribution in [2.45, 2.75) is 31.3 Å². The fourth-order valence-electron chi connectivity index (χ4n) is 2.53. The van der Waals surface area contributed by atoms with Crippen LogP contribution in [0.25, 0.3) is 0 Å². The molecule has 2 aliphatic rings. The van der Waals surface area contributed by atoms with Crippen LogP contribution in [0.4, 0.5) is 0 Å². The van der Waals surface area contributed by atoms with Crippen LogP contribution < -0.4 is 5.32 Å². The maximum absolute atomic E-state index is 11.7. The van der Waals surface area contributed by atoms with Gasteiger partial charge in [-0.1, -0.05) is 0 Å². The highest BCUT2D eigenvalue weighted by atomic mass is 16.5. The van der Waals surface area contributed by atoms with Crippen molar-refractivity contribution in [1.82, 2.24) is 10.2 Å². The highest BCUT2D eigenvalue weighted by molar-refractivity contribution is 5.83. The van der Waals surface area contributed by atoms with Crippen molar-refractivity contribution in [3.8, 4) is 0 Å². The molecule has 0 saturated carbocycles. The smallest absolute Gasteiger partial charge is 0.327 e. The number of fused-ring (bicyclic) bond motifs is 2. The molecule has 0 aromatic carbocycles. The number of nitrogens with one attached hydrogen (secondary N) is 1. The van der Waals surface area contributed by atoms with Gasteiger partial charge in [-0.25, -0.2) is 4.79 Å². The molecule has 15 heavy (non-hydrogen) atoms. The number of amides is 1. The molecule has 2 heterocycles. The Morgan fingerprint density at radius 1 is 1.53 bits per heavy atom. The maximum atomic E-state index is 11.7. The van der Waals surface area contributed by atoms with Crippen LogP contribution in [-0.2, 0) is 14.3 Å². The first-order valence-electron chi connectivity index (χ1n) is 5.19. The molecule has 84 valence electrons. The Hall–Kier alpha value is -1.10. The van der Waals surface area contributed by atoms with Crippen molar-refractivity contribution in [3.63, 3.8) is 0 Å². The molecule has 5 nitrogen and oxygen atoms in total. The predicted octanol–water partition coefficient (Wildman–Crippen LogP) is -0.488. The third-order valence-corrected chi connectivity index (χ3v) is 3.32. The first-order chi connectivity index (χ1) is 7.07. The summed E-state index contributed by atoms with van der Waals surface area (Å²) in [6.45, 7) is 2.68. The Labute approximate surface area is 88.8 Å². The lowest BCUT2D eigenvalue weighted by molar-refractivity contribution is -0.151. The van der Waals surface area contributed by atoms with E-state index in [1.165, 1.54) is 14.0 Å². The second-order valence-corrected chi connectivity index (χ2v) is 4.35. The molecule has 0 spiro atoms. The minimum atomic E-state index is -0.649. The van der Waals surface area contributed by atoms with Gasteiger partial charge in [0, 0.05) is 26.1 Å². The van der Waals surface area contributed by atoms with Crippen LogP contribution in [0.5, 0.6) is 0 Å². The summed E-state index contributed by atoms with van der Waals surface area (Å²) in [6, 6.07) is 0.238. The molecule has 2 aliphatic heterocycles. The van der Waals surface area contributed by atoms with Crippen LogP contribution in [0.15, 0.2) is 0 Å². The molecule has 1 N–H and O–H groups in total. The number of hydrogen-bond acceptors (Lipinski definition) is 4. The summed E-state index contributed by atoms with van der Waals surface area (Å²) in [7, 11) is 1.39. The average Bonchev–Trinajstić information content (AvgIpc) is 2.54. The number of hydrogen-bond donors (Lipinski definition) is 1. The summed E-state index contributed by atoms with van der Waals surface area (Å²) in [6.07, 6.45) is 1.69. The largest absolute Gasteiger partial charge is 0.468 e. The summed E-state index contributed by atoms with van der Waals surface area (Å²) in [5.74, 6) is -0.229. The zero-order chi connectivity index (χ0) is 11.1. The molecule has 5 heteroatoms. The van der Waals surface area contributed by atoms with Crippen LogP contribution in [0, 0.1) is 0 Å². The van der Waals surface area contributed by atoms with E-state index in [4.69, 9.17) is 4.74 Å². The Kier molecular flexibility index (Phi) is 2.42. The zero-order valence-corrected chi connectivity index (χ0v) is 9.08. The number of esters is 1. The summed E-state index contributed by atoms with van der Waals surface area (Å²) in [4.78, 5) is 24.7. The second-order valence-electron chi connectivity index (χ2n) is 4.35. The van der Waals surface area contributed by atoms with Gasteiger partial charge in [-0.3, -0.25) is 10.1 Å². The lowest BCUT2D eigenvalue weighted by Crippen LogP contribution is -2.64. The SMILES string of the molecule is COC(=O)C12CCC(CN(C(C)=O)C1)N2. The van der Waals surface area contributed by atoms with Crippen LogP contribution in [0.3, 0.4) is 0 Å². The van der Waals surface area contributed by atoms with Gasteiger partial charge >= 0.3 is 5.97 Å². The fourth-order valence-corrected chi connectivity index (χ4v) is 2.53. The van der Waals surface area contributed by atoms with Crippen molar-refractivity contribution >= 4 is 11.9 Å². The molecule has 2 bridgehead atoms. The van der Waals surface area contributed by atoms with Gasteiger partial charge in [0.25, 0.3) is 0 Å². The van der Waals surface area contributed by atoms with E-state index in [9.17, 15) is 9.59 Å².